The van der Waals surface area contributed by atoms with Crippen molar-refractivity contribution in [1.29, 1.82) is 0 Å². The molecule has 1 N–H and O–H groups in total. The van der Waals surface area contributed by atoms with Gasteiger partial charge in [-0.25, -0.2) is 9.18 Å². The molecule has 1 aliphatic heterocycles. The van der Waals surface area contributed by atoms with E-state index in [4.69, 9.17) is 4.74 Å². The van der Waals surface area contributed by atoms with Gasteiger partial charge in [-0.3, -0.25) is 0 Å². The second-order valence-corrected chi connectivity index (χ2v) is 2.89. The van der Waals surface area contributed by atoms with Crippen molar-refractivity contribution in [2.24, 2.45) is 0 Å². The highest BCUT2D eigenvalue weighted by Gasteiger charge is 2.18. The summed E-state index contributed by atoms with van der Waals surface area (Å²) in [5.41, 5.74) is 0.539. The van der Waals surface area contributed by atoms with Crippen LogP contribution in [0.25, 0.3) is 0 Å². The van der Waals surface area contributed by atoms with Crippen LogP contribution in [-0.4, -0.2) is 31.8 Å². The number of halogens is 1. The monoisotopic (exact) mass is 187 g/mol. The van der Waals surface area contributed by atoms with Gasteiger partial charge in [0.25, 0.3) is 0 Å². The van der Waals surface area contributed by atoms with Crippen molar-refractivity contribution in [3.63, 3.8) is 0 Å². The molecule has 0 bridgehead atoms. The first kappa shape index (κ1) is 10.2. The Hall–Kier alpha value is -0.900. The third kappa shape index (κ3) is 3.14. The van der Waals surface area contributed by atoms with E-state index in [1.807, 2.05) is 0 Å². The molecule has 3 nitrogen and oxygen atoms in total. The second kappa shape index (κ2) is 4.97. The van der Waals surface area contributed by atoms with Gasteiger partial charge in [0.05, 0.1) is 6.61 Å². The quantitative estimate of drug-likeness (QED) is 0.513. The van der Waals surface area contributed by atoms with E-state index in [1.54, 1.807) is 6.92 Å². The minimum atomic E-state index is -1.04. The van der Waals surface area contributed by atoms with E-state index in [9.17, 15) is 9.18 Å². The maximum atomic E-state index is 13.1. The predicted octanol–water partition coefficient (Wildman–Crippen LogP) is 0.807. The fourth-order valence-corrected chi connectivity index (χ4v) is 1.25. The van der Waals surface area contributed by atoms with Crippen molar-refractivity contribution in [3.8, 4) is 0 Å². The summed E-state index contributed by atoms with van der Waals surface area (Å²) in [6, 6.07) is 0. The number of nitrogens with one attached hydrogen (secondary N) is 1. The number of esters is 1. The van der Waals surface area contributed by atoms with Gasteiger partial charge in [0.2, 0.25) is 0 Å². The third-order valence-corrected chi connectivity index (χ3v) is 1.91. The molecule has 0 unspecified atom stereocenters. The summed E-state index contributed by atoms with van der Waals surface area (Å²) in [6.45, 7) is 3.08. The summed E-state index contributed by atoms with van der Waals surface area (Å²) in [4.78, 5) is 11.0. The molecule has 1 aliphatic rings. The lowest BCUT2D eigenvalue weighted by atomic mass is 10.0. The van der Waals surface area contributed by atoms with E-state index in [-0.39, 0.29) is 0 Å². The fraction of sp³-hybridized carbons (Fsp3) is 0.667. The fourth-order valence-electron chi connectivity index (χ4n) is 1.25. The second-order valence-electron chi connectivity index (χ2n) is 2.89. The van der Waals surface area contributed by atoms with Gasteiger partial charge in [-0.05, 0) is 25.5 Å². The normalized spacial score (nSPS) is 26.0. The van der Waals surface area contributed by atoms with Crippen molar-refractivity contribution in [2.75, 3.05) is 19.7 Å². The molecule has 1 rings (SSSR count). The van der Waals surface area contributed by atoms with Gasteiger partial charge >= 0.3 is 5.97 Å². The van der Waals surface area contributed by atoms with Crippen LogP contribution in [0.1, 0.15) is 13.3 Å². The molecule has 13 heavy (non-hydrogen) atoms. The predicted molar refractivity (Wildman–Crippen MR) is 47.1 cm³/mol. The number of piperidine rings is 1. The van der Waals surface area contributed by atoms with Crippen LogP contribution in [-0.2, 0) is 9.53 Å². The topological polar surface area (TPSA) is 38.3 Å². The van der Waals surface area contributed by atoms with E-state index >= 15 is 0 Å². The van der Waals surface area contributed by atoms with Crippen LogP contribution in [0.3, 0.4) is 0 Å². The van der Waals surface area contributed by atoms with Crippen molar-refractivity contribution in [2.45, 2.75) is 19.5 Å². The van der Waals surface area contributed by atoms with Gasteiger partial charge in [0, 0.05) is 12.6 Å². The molecule has 0 amide bonds. The average Bonchev–Trinajstić information content (AvgIpc) is 2.09. The largest absolute Gasteiger partial charge is 0.463 e. The number of carbonyl (C=O) groups is 1. The molecule has 1 atom stereocenters. The molecule has 1 fully saturated rings. The molecule has 74 valence electrons. The lowest BCUT2D eigenvalue weighted by Gasteiger charge is -2.19. The summed E-state index contributed by atoms with van der Waals surface area (Å²) in [7, 11) is 0. The van der Waals surface area contributed by atoms with Crippen LogP contribution < -0.4 is 5.32 Å². The summed E-state index contributed by atoms with van der Waals surface area (Å²) >= 11 is 0. The standard InChI is InChI=1S/C9H14FNO2/c1-2-13-9(12)5-7-3-4-11-6-8(7)10/h5,8,11H,2-4,6H2,1H3/b7-5+/t8-/m0/s1. The molecule has 1 heterocycles. The lowest BCUT2D eigenvalue weighted by molar-refractivity contribution is -0.137. The summed E-state index contributed by atoms with van der Waals surface area (Å²) in [5.74, 6) is -0.443. The van der Waals surface area contributed by atoms with Crippen LogP contribution in [0.15, 0.2) is 11.6 Å². The molecular formula is C9H14FNO2. The Labute approximate surface area is 77.0 Å². The molecule has 0 spiro atoms. The molecule has 4 heteroatoms. The summed E-state index contributed by atoms with van der Waals surface area (Å²) < 4.78 is 17.8. The zero-order valence-corrected chi connectivity index (χ0v) is 7.68. The summed E-state index contributed by atoms with van der Waals surface area (Å²) in [5, 5.41) is 2.90. The van der Waals surface area contributed by atoms with Gasteiger partial charge in [-0.2, -0.15) is 0 Å². The van der Waals surface area contributed by atoms with E-state index in [0.29, 0.717) is 25.1 Å². The lowest BCUT2D eigenvalue weighted by Crippen LogP contribution is -2.33. The van der Waals surface area contributed by atoms with Crippen molar-refractivity contribution < 1.29 is 13.9 Å². The molecule has 0 aliphatic carbocycles. The Kier molecular flexibility index (Phi) is 3.89. The van der Waals surface area contributed by atoms with Crippen LogP contribution in [0, 0.1) is 0 Å². The number of carbonyl (C=O) groups excluding carboxylic acids is 1. The van der Waals surface area contributed by atoms with Gasteiger partial charge in [0.1, 0.15) is 6.17 Å². The molecule has 0 aromatic carbocycles. The van der Waals surface area contributed by atoms with Gasteiger partial charge in [-0.15, -0.1) is 0 Å². The molecule has 0 aromatic rings. The Morgan fingerprint density at radius 2 is 2.62 bits per heavy atom. The van der Waals surface area contributed by atoms with E-state index in [1.165, 1.54) is 6.08 Å². The molecular weight excluding hydrogens is 173 g/mol. The number of hydrogen-bond acceptors (Lipinski definition) is 3. The highest BCUT2D eigenvalue weighted by molar-refractivity contribution is 5.83. The Bertz CT molecular complexity index is 216. The number of hydrogen-bond donors (Lipinski definition) is 1. The van der Waals surface area contributed by atoms with Crippen molar-refractivity contribution in [1.82, 2.24) is 5.32 Å². The number of rotatable bonds is 2. The highest BCUT2D eigenvalue weighted by atomic mass is 19.1. The molecule has 0 aromatic heterocycles. The maximum absolute atomic E-state index is 13.1. The van der Waals surface area contributed by atoms with Gasteiger partial charge in [-0.1, -0.05) is 0 Å². The molecule has 1 saturated heterocycles. The van der Waals surface area contributed by atoms with Gasteiger partial charge < -0.3 is 10.1 Å². The van der Waals surface area contributed by atoms with E-state index < -0.39 is 12.1 Å². The number of ether oxygens (including phenoxy) is 1. The minimum Gasteiger partial charge on any atom is -0.463 e. The summed E-state index contributed by atoms with van der Waals surface area (Å²) in [6.07, 6.45) is 0.813. The average molecular weight is 187 g/mol. The molecule has 0 radical (unpaired) electrons. The Morgan fingerprint density at radius 3 is 3.23 bits per heavy atom. The number of alkyl halides is 1. The first-order chi connectivity index (χ1) is 6.24. The highest BCUT2D eigenvalue weighted by Crippen LogP contribution is 2.14. The van der Waals surface area contributed by atoms with Crippen molar-refractivity contribution >= 4 is 5.97 Å². The molecule has 0 saturated carbocycles. The minimum absolute atomic E-state index is 0.297. The first-order valence-electron chi connectivity index (χ1n) is 4.46. The van der Waals surface area contributed by atoms with Crippen LogP contribution in [0.5, 0.6) is 0 Å². The Balaban J connectivity index is 2.52. The maximum Gasteiger partial charge on any atom is 0.330 e. The van der Waals surface area contributed by atoms with E-state index in [2.05, 4.69) is 5.32 Å². The van der Waals surface area contributed by atoms with Crippen LogP contribution in [0.2, 0.25) is 0 Å². The smallest absolute Gasteiger partial charge is 0.330 e. The zero-order valence-electron chi connectivity index (χ0n) is 7.68. The van der Waals surface area contributed by atoms with Crippen LogP contribution in [0.4, 0.5) is 4.39 Å². The Morgan fingerprint density at radius 1 is 1.85 bits per heavy atom. The van der Waals surface area contributed by atoms with Gasteiger partial charge in [0.15, 0.2) is 0 Å². The third-order valence-electron chi connectivity index (χ3n) is 1.91. The SMILES string of the molecule is CCOC(=O)/C=C1\CCNC[C@@H]1F. The van der Waals surface area contributed by atoms with Crippen molar-refractivity contribution in [3.05, 3.63) is 11.6 Å². The van der Waals surface area contributed by atoms with Crippen LogP contribution >= 0.6 is 0 Å². The van der Waals surface area contributed by atoms with E-state index in [0.717, 1.165) is 6.54 Å². The first-order valence-corrected chi connectivity index (χ1v) is 4.46. The zero-order chi connectivity index (χ0) is 9.68.